The number of aliphatic hydroxyl groups excluding tert-OH is 1. The number of nitrogens with zero attached hydrogens (tertiary/aromatic N) is 2. The van der Waals surface area contributed by atoms with Gasteiger partial charge in [-0.05, 0) is 41.9 Å². The van der Waals surface area contributed by atoms with Gasteiger partial charge in [-0.3, -0.25) is 0 Å². The molecule has 0 aromatic carbocycles. The summed E-state index contributed by atoms with van der Waals surface area (Å²) in [6, 6.07) is 4.08. The molecular formula is C17H28N2O. The normalized spacial score (nSPS) is 19.6. The predicted octanol–water partition coefficient (Wildman–Crippen LogP) is 3.40. The van der Waals surface area contributed by atoms with Crippen molar-refractivity contribution in [1.29, 1.82) is 0 Å². The molecule has 112 valence electrons. The van der Waals surface area contributed by atoms with Crippen LogP contribution in [0.1, 0.15) is 51.8 Å². The SMILES string of the molecule is CCCc1cc(CO)cc(N2CCC(C(C)(C)C)C2)n1. The largest absolute Gasteiger partial charge is 0.392 e. The maximum atomic E-state index is 9.43. The molecule has 0 bridgehead atoms. The Bertz CT molecular complexity index is 451. The van der Waals surface area contributed by atoms with E-state index < -0.39 is 0 Å². The second kappa shape index (κ2) is 6.13. The van der Waals surface area contributed by atoms with Crippen LogP contribution in [0.25, 0.3) is 0 Å². The van der Waals surface area contributed by atoms with Crippen LogP contribution < -0.4 is 4.90 Å². The Labute approximate surface area is 123 Å². The molecule has 2 heterocycles. The summed E-state index contributed by atoms with van der Waals surface area (Å²) in [5.74, 6) is 1.77. The number of aliphatic hydroxyl groups is 1. The quantitative estimate of drug-likeness (QED) is 0.915. The molecule has 20 heavy (non-hydrogen) atoms. The van der Waals surface area contributed by atoms with Crippen molar-refractivity contribution in [2.24, 2.45) is 11.3 Å². The van der Waals surface area contributed by atoms with Gasteiger partial charge in [-0.2, -0.15) is 0 Å². The van der Waals surface area contributed by atoms with Gasteiger partial charge in [0.1, 0.15) is 5.82 Å². The molecule has 0 amide bonds. The van der Waals surface area contributed by atoms with Crippen LogP contribution in [0.4, 0.5) is 5.82 Å². The van der Waals surface area contributed by atoms with Gasteiger partial charge in [0, 0.05) is 18.8 Å². The number of hydrogen-bond donors (Lipinski definition) is 1. The number of rotatable bonds is 4. The van der Waals surface area contributed by atoms with E-state index in [0.29, 0.717) is 5.41 Å². The summed E-state index contributed by atoms with van der Waals surface area (Å²) in [6.45, 7) is 11.4. The van der Waals surface area contributed by atoms with Crippen LogP contribution in [0.5, 0.6) is 0 Å². The molecule has 1 saturated heterocycles. The van der Waals surface area contributed by atoms with Crippen LogP contribution in [-0.4, -0.2) is 23.2 Å². The average molecular weight is 276 g/mol. The Morgan fingerprint density at radius 1 is 1.35 bits per heavy atom. The lowest BCUT2D eigenvalue weighted by atomic mass is 9.80. The molecule has 0 aliphatic carbocycles. The van der Waals surface area contributed by atoms with Gasteiger partial charge in [0.25, 0.3) is 0 Å². The molecule has 2 rings (SSSR count). The summed E-state index contributed by atoms with van der Waals surface area (Å²) < 4.78 is 0. The molecule has 1 atom stereocenters. The van der Waals surface area contributed by atoms with E-state index >= 15 is 0 Å². The van der Waals surface area contributed by atoms with Crippen molar-refractivity contribution < 1.29 is 5.11 Å². The zero-order valence-corrected chi connectivity index (χ0v) is 13.3. The van der Waals surface area contributed by atoms with Crippen LogP contribution in [0, 0.1) is 11.3 Å². The number of pyridine rings is 1. The molecule has 3 heteroatoms. The van der Waals surface area contributed by atoms with Crippen molar-refractivity contribution in [3.63, 3.8) is 0 Å². The minimum Gasteiger partial charge on any atom is -0.392 e. The topological polar surface area (TPSA) is 36.4 Å². The fraction of sp³-hybridized carbons (Fsp3) is 0.706. The van der Waals surface area contributed by atoms with Crippen molar-refractivity contribution in [1.82, 2.24) is 4.98 Å². The Balaban J connectivity index is 2.18. The van der Waals surface area contributed by atoms with E-state index in [1.807, 2.05) is 12.1 Å². The summed E-state index contributed by atoms with van der Waals surface area (Å²) in [5.41, 5.74) is 2.45. The monoisotopic (exact) mass is 276 g/mol. The highest BCUT2D eigenvalue weighted by molar-refractivity contribution is 5.44. The van der Waals surface area contributed by atoms with Crippen LogP contribution in [0.3, 0.4) is 0 Å². The van der Waals surface area contributed by atoms with Gasteiger partial charge in [-0.1, -0.05) is 34.1 Å². The first-order valence-corrected chi connectivity index (χ1v) is 7.79. The van der Waals surface area contributed by atoms with Crippen LogP contribution >= 0.6 is 0 Å². The summed E-state index contributed by atoms with van der Waals surface area (Å²) >= 11 is 0. The first kappa shape index (κ1) is 15.3. The van der Waals surface area contributed by atoms with Crippen LogP contribution in [-0.2, 0) is 13.0 Å². The van der Waals surface area contributed by atoms with E-state index in [9.17, 15) is 5.11 Å². The van der Waals surface area contributed by atoms with Gasteiger partial charge in [0.05, 0.1) is 6.61 Å². The highest BCUT2D eigenvalue weighted by Gasteiger charge is 2.32. The van der Waals surface area contributed by atoms with Gasteiger partial charge < -0.3 is 10.0 Å². The molecule has 1 aromatic heterocycles. The van der Waals surface area contributed by atoms with Gasteiger partial charge in [0.15, 0.2) is 0 Å². The zero-order chi connectivity index (χ0) is 14.8. The molecular weight excluding hydrogens is 248 g/mol. The number of anilines is 1. The van der Waals surface area contributed by atoms with Crippen molar-refractivity contribution in [2.45, 2.75) is 53.6 Å². The molecule has 0 spiro atoms. The predicted molar refractivity (Wildman–Crippen MR) is 83.9 cm³/mol. The van der Waals surface area contributed by atoms with Crippen molar-refractivity contribution in [3.8, 4) is 0 Å². The highest BCUT2D eigenvalue weighted by atomic mass is 16.3. The van der Waals surface area contributed by atoms with E-state index in [4.69, 9.17) is 4.98 Å². The number of aromatic nitrogens is 1. The van der Waals surface area contributed by atoms with Crippen molar-refractivity contribution in [2.75, 3.05) is 18.0 Å². The second-order valence-corrected chi connectivity index (χ2v) is 7.03. The molecule has 1 aromatic rings. The van der Waals surface area contributed by atoms with Gasteiger partial charge in [-0.15, -0.1) is 0 Å². The first-order chi connectivity index (χ1) is 9.44. The zero-order valence-electron chi connectivity index (χ0n) is 13.3. The second-order valence-electron chi connectivity index (χ2n) is 7.03. The van der Waals surface area contributed by atoms with Crippen molar-refractivity contribution in [3.05, 3.63) is 23.4 Å². The minimum absolute atomic E-state index is 0.1000. The van der Waals surface area contributed by atoms with Crippen LogP contribution in [0.15, 0.2) is 12.1 Å². The van der Waals surface area contributed by atoms with Crippen molar-refractivity contribution >= 4 is 5.82 Å². The van der Waals surface area contributed by atoms with E-state index in [1.54, 1.807) is 0 Å². The van der Waals surface area contributed by atoms with E-state index in [2.05, 4.69) is 32.6 Å². The van der Waals surface area contributed by atoms with E-state index in [1.165, 1.54) is 6.42 Å². The van der Waals surface area contributed by atoms with Gasteiger partial charge >= 0.3 is 0 Å². The summed E-state index contributed by atoms with van der Waals surface area (Å²) in [5, 5.41) is 9.43. The standard InChI is InChI=1S/C17H28N2O/c1-5-6-15-9-13(12-20)10-16(18-15)19-8-7-14(11-19)17(2,3)4/h9-10,14,20H,5-8,11-12H2,1-4H3. The molecule has 1 fully saturated rings. The molecule has 1 aliphatic heterocycles. The third-order valence-corrected chi connectivity index (χ3v) is 4.35. The van der Waals surface area contributed by atoms with E-state index in [0.717, 1.165) is 48.9 Å². The fourth-order valence-corrected chi connectivity index (χ4v) is 2.95. The third kappa shape index (κ3) is 3.51. The Morgan fingerprint density at radius 3 is 2.65 bits per heavy atom. The Hall–Kier alpha value is -1.09. The molecule has 1 aliphatic rings. The average Bonchev–Trinajstić information content (AvgIpc) is 2.88. The Kier molecular flexibility index (Phi) is 4.69. The lowest BCUT2D eigenvalue weighted by Crippen LogP contribution is -2.26. The first-order valence-electron chi connectivity index (χ1n) is 7.79. The lowest BCUT2D eigenvalue weighted by Gasteiger charge is -2.27. The molecule has 1 N–H and O–H groups in total. The summed E-state index contributed by atoms with van der Waals surface area (Å²) in [7, 11) is 0. The number of aryl methyl sites for hydroxylation is 1. The Morgan fingerprint density at radius 2 is 2.10 bits per heavy atom. The smallest absolute Gasteiger partial charge is 0.129 e. The maximum Gasteiger partial charge on any atom is 0.129 e. The van der Waals surface area contributed by atoms with Crippen LogP contribution in [0.2, 0.25) is 0 Å². The molecule has 0 saturated carbocycles. The third-order valence-electron chi connectivity index (χ3n) is 4.35. The minimum atomic E-state index is 0.1000. The summed E-state index contributed by atoms with van der Waals surface area (Å²) in [4.78, 5) is 7.17. The lowest BCUT2D eigenvalue weighted by molar-refractivity contribution is 0.263. The van der Waals surface area contributed by atoms with Gasteiger partial charge in [-0.25, -0.2) is 4.98 Å². The fourth-order valence-electron chi connectivity index (χ4n) is 2.95. The summed E-state index contributed by atoms with van der Waals surface area (Å²) in [6.07, 6.45) is 3.31. The van der Waals surface area contributed by atoms with Gasteiger partial charge in [0.2, 0.25) is 0 Å². The molecule has 3 nitrogen and oxygen atoms in total. The van der Waals surface area contributed by atoms with E-state index in [-0.39, 0.29) is 6.61 Å². The number of hydrogen-bond acceptors (Lipinski definition) is 3. The highest BCUT2D eigenvalue weighted by Crippen LogP contribution is 2.35. The maximum absolute atomic E-state index is 9.43. The molecule has 0 radical (unpaired) electrons. The molecule has 1 unspecified atom stereocenters.